The Morgan fingerprint density at radius 3 is 2.73 bits per heavy atom. The van der Waals surface area contributed by atoms with E-state index in [-0.39, 0.29) is 11.8 Å². The van der Waals surface area contributed by atoms with Gasteiger partial charge in [0.05, 0.1) is 36.3 Å². The van der Waals surface area contributed by atoms with Crippen LogP contribution >= 0.6 is 0 Å². The lowest BCUT2D eigenvalue weighted by Crippen LogP contribution is -2.40. The summed E-state index contributed by atoms with van der Waals surface area (Å²) in [6, 6.07) is 7.70. The SMILES string of the molecule is COc1ccc(NC(=O)C2CCCN(c3cnc4nc(C)c(C)nc4c3)C2)c(C)c1. The Morgan fingerprint density at radius 1 is 1.17 bits per heavy atom. The van der Waals surface area contributed by atoms with Gasteiger partial charge in [0.15, 0.2) is 5.65 Å². The number of methoxy groups -OCH3 is 1. The Kier molecular flexibility index (Phi) is 5.53. The molecule has 1 aliphatic heterocycles. The third kappa shape index (κ3) is 4.06. The van der Waals surface area contributed by atoms with E-state index in [9.17, 15) is 4.79 Å². The molecule has 1 atom stereocenters. The maximum absolute atomic E-state index is 12.9. The molecule has 7 nitrogen and oxygen atoms in total. The number of fused-ring (bicyclic) bond motifs is 1. The maximum Gasteiger partial charge on any atom is 0.229 e. The zero-order valence-corrected chi connectivity index (χ0v) is 17.9. The van der Waals surface area contributed by atoms with Gasteiger partial charge in [-0.25, -0.2) is 15.0 Å². The van der Waals surface area contributed by atoms with Gasteiger partial charge in [-0.3, -0.25) is 4.79 Å². The molecule has 7 heteroatoms. The predicted molar refractivity (Wildman–Crippen MR) is 118 cm³/mol. The van der Waals surface area contributed by atoms with Crippen LogP contribution in [0.2, 0.25) is 0 Å². The second-order valence-corrected chi connectivity index (χ2v) is 7.89. The summed E-state index contributed by atoms with van der Waals surface area (Å²) in [5, 5.41) is 3.09. The Bertz CT molecular complexity index is 1100. The monoisotopic (exact) mass is 405 g/mol. The van der Waals surface area contributed by atoms with Crippen molar-refractivity contribution >= 4 is 28.4 Å². The van der Waals surface area contributed by atoms with E-state index in [1.165, 1.54) is 0 Å². The molecule has 1 aliphatic rings. The largest absolute Gasteiger partial charge is 0.497 e. The number of anilines is 2. The van der Waals surface area contributed by atoms with Crippen LogP contribution in [-0.2, 0) is 4.79 Å². The minimum Gasteiger partial charge on any atom is -0.497 e. The van der Waals surface area contributed by atoms with E-state index in [2.05, 4.69) is 25.2 Å². The van der Waals surface area contributed by atoms with Gasteiger partial charge in [-0.15, -0.1) is 0 Å². The van der Waals surface area contributed by atoms with Crippen molar-refractivity contribution in [2.45, 2.75) is 33.6 Å². The summed E-state index contributed by atoms with van der Waals surface area (Å²) >= 11 is 0. The van der Waals surface area contributed by atoms with E-state index in [4.69, 9.17) is 4.74 Å². The molecule has 1 aromatic carbocycles. The van der Waals surface area contributed by atoms with Crippen LogP contribution in [-0.4, -0.2) is 41.1 Å². The fourth-order valence-corrected chi connectivity index (χ4v) is 3.84. The minimum atomic E-state index is -0.0817. The average molecular weight is 406 g/mol. The molecule has 3 aromatic rings. The normalized spacial score (nSPS) is 16.5. The number of nitrogens with zero attached hydrogens (tertiary/aromatic N) is 4. The summed E-state index contributed by atoms with van der Waals surface area (Å²) < 4.78 is 5.24. The Balaban J connectivity index is 1.49. The molecule has 3 heterocycles. The number of hydrogen-bond donors (Lipinski definition) is 1. The van der Waals surface area contributed by atoms with E-state index in [0.29, 0.717) is 12.2 Å². The summed E-state index contributed by atoms with van der Waals surface area (Å²) in [5.41, 5.74) is 6.04. The first-order chi connectivity index (χ1) is 14.4. The first-order valence-corrected chi connectivity index (χ1v) is 10.3. The first kappa shape index (κ1) is 20.1. The van der Waals surface area contributed by atoms with E-state index in [1.807, 2.05) is 51.2 Å². The van der Waals surface area contributed by atoms with E-state index in [0.717, 1.165) is 59.0 Å². The summed E-state index contributed by atoms with van der Waals surface area (Å²) in [6.45, 7) is 7.42. The van der Waals surface area contributed by atoms with Crippen LogP contribution in [0.15, 0.2) is 30.5 Å². The molecule has 1 N–H and O–H groups in total. The summed E-state index contributed by atoms with van der Waals surface area (Å²) in [4.78, 5) is 28.8. The van der Waals surface area contributed by atoms with E-state index >= 15 is 0 Å². The first-order valence-electron chi connectivity index (χ1n) is 10.3. The zero-order chi connectivity index (χ0) is 21.3. The molecule has 4 rings (SSSR count). The average Bonchev–Trinajstić information content (AvgIpc) is 2.75. The molecule has 0 saturated carbocycles. The molecule has 30 heavy (non-hydrogen) atoms. The lowest BCUT2D eigenvalue weighted by Gasteiger charge is -2.33. The Labute approximate surface area is 176 Å². The van der Waals surface area contributed by atoms with Crippen molar-refractivity contribution in [3.63, 3.8) is 0 Å². The minimum absolute atomic E-state index is 0.0491. The molecule has 156 valence electrons. The lowest BCUT2D eigenvalue weighted by molar-refractivity contribution is -0.120. The van der Waals surface area contributed by atoms with Gasteiger partial charge in [-0.1, -0.05) is 0 Å². The van der Waals surface area contributed by atoms with Gasteiger partial charge in [-0.2, -0.15) is 0 Å². The Hall–Kier alpha value is -3.22. The maximum atomic E-state index is 12.9. The van der Waals surface area contributed by atoms with Gasteiger partial charge in [0, 0.05) is 18.8 Å². The number of rotatable bonds is 4. The van der Waals surface area contributed by atoms with Gasteiger partial charge in [-0.05, 0) is 63.4 Å². The van der Waals surface area contributed by atoms with Gasteiger partial charge in [0.25, 0.3) is 0 Å². The van der Waals surface area contributed by atoms with E-state index < -0.39 is 0 Å². The number of piperidine rings is 1. The quantitative estimate of drug-likeness (QED) is 0.711. The molecular formula is C23H27N5O2. The molecule has 1 unspecified atom stereocenters. The Morgan fingerprint density at radius 2 is 1.97 bits per heavy atom. The van der Waals surface area contributed by atoms with Crippen molar-refractivity contribution in [2.75, 3.05) is 30.4 Å². The van der Waals surface area contributed by atoms with Crippen molar-refractivity contribution in [1.82, 2.24) is 15.0 Å². The van der Waals surface area contributed by atoms with Crippen molar-refractivity contribution in [2.24, 2.45) is 5.92 Å². The molecule has 0 spiro atoms. The highest BCUT2D eigenvalue weighted by Gasteiger charge is 2.27. The van der Waals surface area contributed by atoms with Crippen LogP contribution in [0.1, 0.15) is 29.8 Å². The summed E-state index contributed by atoms with van der Waals surface area (Å²) in [5.74, 6) is 0.751. The van der Waals surface area contributed by atoms with Crippen LogP contribution in [0.4, 0.5) is 11.4 Å². The standard InChI is InChI=1S/C23H27N5O2/c1-14-10-19(30-4)7-8-20(14)27-23(29)17-6-5-9-28(13-17)18-11-21-22(24-12-18)26-16(3)15(2)25-21/h7-8,10-12,17H,5-6,9,13H2,1-4H3,(H,27,29). The predicted octanol–water partition coefficient (Wildman–Crippen LogP) is 3.81. The number of carbonyl (C=O) groups excluding carboxylic acids is 1. The third-order valence-electron chi connectivity index (χ3n) is 5.77. The number of aromatic nitrogens is 3. The number of aryl methyl sites for hydroxylation is 3. The molecule has 1 saturated heterocycles. The van der Waals surface area contributed by atoms with Crippen LogP contribution in [0.5, 0.6) is 5.75 Å². The van der Waals surface area contributed by atoms with Crippen LogP contribution in [0.25, 0.3) is 11.2 Å². The van der Waals surface area contributed by atoms with Crippen molar-refractivity contribution in [1.29, 1.82) is 0 Å². The second kappa shape index (κ2) is 8.26. The number of nitrogens with one attached hydrogen (secondary N) is 1. The molecule has 0 bridgehead atoms. The van der Waals surface area contributed by atoms with Crippen LogP contribution < -0.4 is 15.0 Å². The zero-order valence-electron chi connectivity index (χ0n) is 17.9. The van der Waals surface area contributed by atoms with Crippen molar-refractivity contribution < 1.29 is 9.53 Å². The van der Waals surface area contributed by atoms with Crippen molar-refractivity contribution in [3.8, 4) is 5.75 Å². The van der Waals surface area contributed by atoms with Crippen molar-refractivity contribution in [3.05, 3.63) is 47.4 Å². The molecule has 1 amide bonds. The number of pyridine rings is 1. The number of hydrogen-bond acceptors (Lipinski definition) is 6. The van der Waals surface area contributed by atoms with Crippen LogP contribution in [0, 0.1) is 26.7 Å². The van der Waals surface area contributed by atoms with Gasteiger partial charge in [0.2, 0.25) is 5.91 Å². The summed E-state index contributed by atoms with van der Waals surface area (Å²) in [6.07, 6.45) is 3.66. The fourth-order valence-electron chi connectivity index (χ4n) is 3.84. The van der Waals surface area contributed by atoms with E-state index in [1.54, 1.807) is 7.11 Å². The van der Waals surface area contributed by atoms with Gasteiger partial charge in [0.1, 0.15) is 11.3 Å². The highest BCUT2D eigenvalue weighted by Crippen LogP contribution is 2.27. The topological polar surface area (TPSA) is 80.2 Å². The van der Waals surface area contributed by atoms with Crippen LogP contribution in [0.3, 0.4) is 0 Å². The molecule has 1 fully saturated rings. The third-order valence-corrected chi connectivity index (χ3v) is 5.77. The molecule has 2 aromatic heterocycles. The number of amides is 1. The van der Waals surface area contributed by atoms with Gasteiger partial charge >= 0.3 is 0 Å². The fraction of sp³-hybridized carbons (Fsp3) is 0.391. The van der Waals surface area contributed by atoms with Gasteiger partial charge < -0.3 is 15.0 Å². The highest BCUT2D eigenvalue weighted by molar-refractivity contribution is 5.94. The number of ether oxygens (including phenoxy) is 1. The smallest absolute Gasteiger partial charge is 0.229 e. The molecule has 0 aliphatic carbocycles. The summed E-state index contributed by atoms with van der Waals surface area (Å²) in [7, 11) is 1.64. The molecular weight excluding hydrogens is 378 g/mol. The molecule has 0 radical (unpaired) electrons. The highest BCUT2D eigenvalue weighted by atomic mass is 16.5. The second-order valence-electron chi connectivity index (χ2n) is 7.89. The number of carbonyl (C=O) groups is 1. The lowest BCUT2D eigenvalue weighted by atomic mass is 9.96. The number of benzene rings is 1.